The van der Waals surface area contributed by atoms with Gasteiger partial charge in [-0.05, 0) is 24.9 Å². The second-order valence-electron chi connectivity index (χ2n) is 4.67. The molecule has 0 saturated carbocycles. The van der Waals surface area contributed by atoms with E-state index in [1.807, 2.05) is 30.3 Å². The van der Waals surface area contributed by atoms with Crippen molar-refractivity contribution in [2.75, 3.05) is 13.2 Å². The van der Waals surface area contributed by atoms with Crippen LogP contribution >= 0.6 is 0 Å². The number of carbonyl (C=O) groups is 1. The number of aliphatic hydroxyl groups is 1. The van der Waals surface area contributed by atoms with Gasteiger partial charge in [-0.25, -0.2) is 0 Å². The number of benzene rings is 1. The fraction of sp³-hybridized carbons (Fsp3) is 0.533. The molecule has 0 radical (unpaired) electrons. The topological polar surface area (TPSA) is 75.4 Å². The van der Waals surface area contributed by atoms with Crippen molar-refractivity contribution < 1.29 is 9.90 Å². The van der Waals surface area contributed by atoms with Crippen LogP contribution in [0.1, 0.15) is 43.7 Å². The molecule has 1 rings (SSSR count). The van der Waals surface area contributed by atoms with E-state index in [1.54, 1.807) is 0 Å². The smallest absolute Gasteiger partial charge is 0.220 e. The van der Waals surface area contributed by atoms with E-state index in [2.05, 4.69) is 5.32 Å². The highest BCUT2D eigenvalue weighted by Crippen LogP contribution is 2.12. The number of unbranched alkanes of at least 4 members (excludes halogenated alkanes) is 3. The normalized spacial score (nSPS) is 12.1. The number of nitrogens with one attached hydrogen (secondary N) is 1. The van der Waals surface area contributed by atoms with Gasteiger partial charge in [0.1, 0.15) is 0 Å². The van der Waals surface area contributed by atoms with Crippen LogP contribution in [0.15, 0.2) is 30.3 Å². The summed E-state index contributed by atoms with van der Waals surface area (Å²) in [6.45, 7) is 0.635. The molecule has 4 N–H and O–H groups in total. The van der Waals surface area contributed by atoms with Crippen LogP contribution < -0.4 is 11.1 Å². The molecule has 0 heterocycles. The van der Waals surface area contributed by atoms with Gasteiger partial charge in [-0.3, -0.25) is 4.79 Å². The van der Waals surface area contributed by atoms with Crippen molar-refractivity contribution in [3.8, 4) is 0 Å². The lowest BCUT2D eigenvalue weighted by Gasteiger charge is -2.16. The standard InChI is InChI=1S/C15H24N2O2/c16-11-7-2-1-6-10-15(19)17-14(12-18)13-8-4-3-5-9-13/h3-5,8-9,14,18H,1-2,6-7,10-12,16H2,(H,17,19)/t14-/m1/s1. The van der Waals surface area contributed by atoms with E-state index in [0.29, 0.717) is 13.0 Å². The lowest BCUT2D eigenvalue weighted by Crippen LogP contribution is -2.30. The Morgan fingerprint density at radius 1 is 1.16 bits per heavy atom. The number of aliphatic hydroxyl groups excluding tert-OH is 1. The van der Waals surface area contributed by atoms with Gasteiger partial charge in [0.05, 0.1) is 12.6 Å². The summed E-state index contributed by atoms with van der Waals surface area (Å²) < 4.78 is 0. The third-order valence-corrected chi connectivity index (χ3v) is 3.08. The summed E-state index contributed by atoms with van der Waals surface area (Å²) in [5, 5.41) is 12.2. The molecular weight excluding hydrogens is 240 g/mol. The first-order chi connectivity index (χ1) is 9.27. The van der Waals surface area contributed by atoms with Gasteiger partial charge in [0, 0.05) is 6.42 Å². The molecule has 1 amide bonds. The first kappa shape index (κ1) is 15.7. The predicted molar refractivity (Wildman–Crippen MR) is 76.6 cm³/mol. The molecule has 0 aromatic heterocycles. The van der Waals surface area contributed by atoms with Crippen molar-refractivity contribution in [1.82, 2.24) is 5.32 Å². The molecule has 0 aliphatic carbocycles. The highest BCUT2D eigenvalue weighted by molar-refractivity contribution is 5.76. The molecule has 0 aliphatic heterocycles. The third-order valence-electron chi connectivity index (χ3n) is 3.08. The zero-order valence-corrected chi connectivity index (χ0v) is 11.3. The highest BCUT2D eigenvalue weighted by Gasteiger charge is 2.12. The number of carbonyl (C=O) groups excluding carboxylic acids is 1. The molecule has 0 saturated heterocycles. The monoisotopic (exact) mass is 264 g/mol. The van der Waals surface area contributed by atoms with Gasteiger partial charge in [0.25, 0.3) is 0 Å². The van der Waals surface area contributed by atoms with Gasteiger partial charge in [0.15, 0.2) is 0 Å². The van der Waals surface area contributed by atoms with Gasteiger partial charge in [-0.1, -0.05) is 43.2 Å². The molecule has 1 aromatic rings. The maximum atomic E-state index is 11.8. The lowest BCUT2D eigenvalue weighted by molar-refractivity contribution is -0.122. The Morgan fingerprint density at radius 3 is 2.47 bits per heavy atom. The van der Waals surface area contributed by atoms with E-state index in [9.17, 15) is 9.90 Å². The number of nitrogens with two attached hydrogens (primary N) is 1. The van der Waals surface area contributed by atoms with Crippen molar-refractivity contribution in [2.45, 2.75) is 38.1 Å². The predicted octanol–water partition coefficient (Wildman–Crippen LogP) is 1.75. The van der Waals surface area contributed by atoms with Gasteiger partial charge in [-0.2, -0.15) is 0 Å². The van der Waals surface area contributed by atoms with Crippen LogP contribution in [0.2, 0.25) is 0 Å². The quantitative estimate of drug-likeness (QED) is 0.595. The molecule has 0 unspecified atom stereocenters. The van der Waals surface area contributed by atoms with Crippen molar-refractivity contribution in [1.29, 1.82) is 0 Å². The minimum atomic E-state index is -0.308. The van der Waals surface area contributed by atoms with Crippen LogP contribution in [0.25, 0.3) is 0 Å². The minimum absolute atomic E-state index is 0.00403. The van der Waals surface area contributed by atoms with E-state index >= 15 is 0 Å². The van der Waals surface area contributed by atoms with Crippen LogP contribution in [0, 0.1) is 0 Å². The van der Waals surface area contributed by atoms with E-state index in [4.69, 9.17) is 5.73 Å². The molecule has 1 atom stereocenters. The van der Waals surface area contributed by atoms with Gasteiger partial charge in [-0.15, -0.1) is 0 Å². The fourth-order valence-corrected chi connectivity index (χ4v) is 1.97. The average Bonchev–Trinajstić information content (AvgIpc) is 2.45. The minimum Gasteiger partial charge on any atom is -0.394 e. The maximum absolute atomic E-state index is 11.8. The first-order valence-electron chi connectivity index (χ1n) is 6.93. The number of hydrogen-bond acceptors (Lipinski definition) is 3. The molecule has 0 spiro atoms. The summed E-state index contributed by atoms with van der Waals surface area (Å²) in [5.41, 5.74) is 6.34. The summed E-state index contributed by atoms with van der Waals surface area (Å²) in [6.07, 6.45) is 4.50. The molecule has 19 heavy (non-hydrogen) atoms. The first-order valence-corrected chi connectivity index (χ1v) is 6.93. The van der Waals surface area contributed by atoms with E-state index in [1.165, 1.54) is 0 Å². The van der Waals surface area contributed by atoms with Crippen LogP contribution in [0.3, 0.4) is 0 Å². The van der Waals surface area contributed by atoms with Crippen molar-refractivity contribution >= 4 is 5.91 Å². The average molecular weight is 264 g/mol. The molecule has 4 nitrogen and oxygen atoms in total. The Morgan fingerprint density at radius 2 is 1.84 bits per heavy atom. The Bertz CT molecular complexity index is 354. The number of rotatable bonds is 9. The summed E-state index contributed by atoms with van der Waals surface area (Å²) in [5.74, 6) is -0.00403. The van der Waals surface area contributed by atoms with E-state index in [0.717, 1.165) is 31.2 Å². The summed E-state index contributed by atoms with van der Waals surface area (Å²) in [4.78, 5) is 11.8. The van der Waals surface area contributed by atoms with E-state index < -0.39 is 0 Å². The Balaban J connectivity index is 2.30. The SMILES string of the molecule is NCCCCCCC(=O)N[C@H](CO)c1ccccc1. The van der Waals surface area contributed by atoms with Gasteiger partial charge >= 0.3 is 0 Å². The number of hydrogen-bond donors (Lipinski definition) is 3. The Kier molecular flexibility index (Phi) is 7.86. The second kappa shape index (κ2) is 9.53. The van der Waals surface area contributed by atoms with Crippen molar-refractivity contribution in [3.05, 3.63) is 35.9 Å². The van der Waals surface area contributed by atoms with Crippen molar-refractivity contribution in [2.24, 2.45) is 5.73 Å². The molecule has 4 heteroatoms. The lowest BCUT2D eigenvalue weighted by atomic mass is 10.1. The third kappa shape index (κ3) is 6.36. The molecular formula is C15H24N2O2. The van der Waals surface area contributed by atoms with Crippen LogP contribution in [-0.4, -0.2) is 24.2 Å². The van der Waals surface area contributed by atoms with Gasteiger partial charge in [0.2, 0.25) is 5.91 Å². The van der Waals surface area contributed by atoms with Crippen LogP contribution in [-0.2, 0) is 4.79 Å². The fourth-order valence-electron chi connectivity index (χ4n) is 1.97. The van der Waals surface area contributed by atoms with Crippen molar-refractivity contribution in [3.63, 3.8) is 0 Å². The molecule has 0 bridgehead atoms. The zero-order chi connectivity index (χ0) is 13.9. The molecule has 0 aliphatic rings. The molecule has 1 aromatic carbocycles. The largest absolute Gasteiger partial charge is 0.394 e. The van der Waals surface area contributed by atoms with Crippen LogP contribution in [0.5, 0.6) is 0 Å². The Labute approximate surface area is 115 Å². The second-order valence-corrected chi connectivity index (χ2v) is 4.67. The Hall–Kier alpha value is -1.39. The summed E-state index contributed by atoms with van der Waals surface area (Å²) in [6, 6.07) is 9.22. The maximum Gasteiger partial charge on any atom is 0.220 e. The zero-order valence-electron chi connectivity index (χ0n) is 11.3. The summed E-state index contributed by atoms with van der Waals surface area (Å²) in [7, 11) is 0. The molecule has 0 fully saturated rings. The van der Waals surface area contributed by atoms with Gasteiger partial charge < -0.3 is 16.2 Å². The van der Waals surface area contributed by atoms with Crippen LogP contribution in [0.4, 0.5) is 0 Å². The number of amides is 1. The summed E-state index contributed by atoms with van der Waals surface area (Å²) >= 11 is 0. The van der Waals surface area contributed by atoms with E-state index in [-0.39, 0.29) is 18.6 Å². The molecule has 106 valence electrons. The highest BCUT2D eigenvalue weighted by atomic mass is 16.3.